The van der Waals surface area contributed by atoms with Gasteiger partial charge in [-0.05, 0) is 79.7 Å². The summed E-state index contributed by atoms with van der Waals surface area (Å²) in [4.78, 5) is 64.5. The Morgan fingerprint density at radius 2 is 1.84 bits per heavy atom. The van der Waals surface area contributed by atoms with Gasteiger partial charge in [-0.25, -0.2) is 0 Å². The number of carbonyl (C=O) groups is 3. The quantitative estimate of drug-likeness (QED) is 0.333. The summed E-state index contributed by atoms with van der Waals surface area (Å²) >= 11 is 1.26. The van der Waals surface area contributed by atoms with Crippen LogP contribution in [0.5, 0.6) is 0 Å². The van der Waals surface area contributed by atoms with E-state index in [4.69, 9.17) is 0 Å². The van der Waals surface area contributed by atoms with Crippen LogP contribution in [0.4, 0.5) is 0 Å². The molecule has 3 aromatic rings. The van der Waals surface area contributed by atoms with Crippen LogP contribution in [0.25, 0.3) is 10.1 Å². The lowest BCUT2D eigenvalue weighted by Gasteiger charge is -2.35. The van der Waals surface area contributed by atoms with Crippen molar-refractivity contribution in [2.45, 2.75) is 80.7 Å². The zero-order valence-corrected chi connectivity index (χ0v) is 26.4. The predicted octanol–water partition coefficient (Wildman–Crippen LogP) is 4.52. The molecule has 45 heavy (non-hydrogen) atoms. The van der Waals surface area contributed by atoms with E-state index in [0.717, 1.165) is 42.4 Å². The summed E-state index contributed by atoms with van der Waals surface area (Å²) in [6.07, 6.45) is 4.51. The van der Waals surface area contributed by atoms with Crippen molar-refractivity contribution in [2.24, 2.45) is 5.92 Å². The van der Waals surface area contributed by atoms with Gasteiger partial charge in [-0.1, -0.05) is 36.4 Å². The van der Waals surface area contributed by atoms with Crippen molar-refractivity contribution < 1.29 is 28.7 Å². The summed E-state index contributed by atoms with van der Waals surface area (Å²) in [5.41, 5.74) is 1.07. The lowest BCUT2D eigenvalue weighted by Crippen LogP contribution is -2.56. The third-order valence-electron chi connectivity index (χ3n) is 10.2. The average molecular weight is 647 g/mol. The Kier molecular flexibility index (Phi) is 7.60. The average Bonchev–Trinajstić information content (AvgIpc) is 3.39. The third kappa shape index (κ3) is 5.48. The largest absolute Gasteiger partial charge is 0.340 e. The van der Waals surface area contributed by atoms with Gasteiger partial charge in [0.05, 0.1) is 28.6 Å². The fraction of sp³-hybridized carbons (Fsp3) is 0.455. The molecule has 1 saturated carbocycles. The first-order valence-corrected chi connectivity index (χ1v) is 18.2. The van der Waals surface area contributed by atoms with Crippen LogP contribution in [0.3, 0.4) is 0 Å². The lowest BCUT2D eigenvalue weighted by atomic mass is 9.85. The number of hydrogen-bond acceptors (Lipinski definition) is 6. The maximum absolute atomic E-state index is 14.3. The molecule has 4 aliphatic rings. The summed E-state index contributed by atoms with van der Waals surface area (Å²) < 4.78 is 12.2. The molecule has 3 saturated heterocycles. The van der Waals surface area contributed by atoms with E-state index in [-0.39, 0.29) is 41.8 Å². The zero-order chi connectivity index (χ0) is 31.5. The number of rotatable bonds is 6. The van der Waals surface area contributed by atoms with Crippen molar-refractivity contribution >= 4 is 46.7 Å². The second-order valence-electron chi connectivity index (χ2n) is 12.9. The first-order chi connectivity index (χ1) is 21.6. The van der Waals surface area contributed by atoms with Crippen LogP contribution in [0, 0.1) is 17.2 Å². The molecular weight excluding hydrogens is 611 g/mol. The van der Waals surface area contributed by atoms with E-state index in [9.17, 15) is 34.0 Å². The topological polar surface area (TPSA) is 151 Å². The summed E-state index contributed by atoms with van der Waals surface area (Å²) in [6.45, 7) is 0.465. The van der Waals surface area contributed by atoms with Gasteiger partial charge in [-0.2, -0.15) is 5.26 Å². The summed E-state index contributed by atoms with van der Waals surface area (Å²) in [6, 6.07) is 17.8. The van der Waals surface area contributed by atoms with Gasteiger partial charge in [-0.3, -0.25) is 18.9 Å². The molecule has 5 atom stereocenters. The molecule has 3 N–H and O–H groups in total. The minimum absolute atomic E-state index is 0.0560. The van der Waals surface area contributed by atoms with Crippen LogP contribution >= 0.6 is 18.9 Å². The molecule has 4 fully saturated rings. The smallest absolute Gasteiger partial charge is 0.329 e. The molecule has 1 spiro atoms. The van der Waals surface area contributed by atoms with Gasteiger partial charge in [0.1, 0.15) is 12.1 Å². The number of carbonyl (C=O) groups excluding carboxylic acids is 3. The van der Waals surface area contributed by atoms with Crippen molar-refractivity contribution in [1.29, 1.82) is 5.26 Å². The number of amides is 3. The van der Waals surface area contributed by atoms with Gasteiger partial charge in [-0.15, -0.1) is 11.3 Å². The van der Waals surface area contributed by atoms with Crippen molar-refractivity contribution in [2.75, 3.05) is 6.54 Å². The fourth-order valence-corrected chi connectivity index (χ4v) is 9.56. The Labute approximate surface area is 265 Å². The van der Waals surface area contributed by atoms with E-state index >= 15 is 0 Å². The molecule has 7 rings (SSSR count). The number of likely N-dealkylation sites (tertiary alicyclic amines) is 1. The Balaban J connectivity index is 1.09. The van der Waals surface area contributed by atoms with E-state index in [0.29, 0.717) is 35.2 Å². The van der Waals surface area contributed by atoms with Gasteiger partial charge in [0.2, 0.25) is 11.8 Å². The van der Waals surface area contributed by atoms with Crippen LogP contribution in [0.2, 0.25) is 0 Å². The fourth-order valence-electron chi connectivity index (χ4n) is 7.94. The monoisotopic (exact) mass is 646 g/mol. The van der Waals surface area contributed by atoms with E-state index < -0.39 is 25.2 Å². The first kappa shape index (κ1) is 30.1. The molecule has 234 valence electrons. The van der Waals surface area contributed by atoms with Gasteiger partial charge in [0, 0.05) is 23.2 Å². The van der Waals surface area contributed by atoms with Crippen molar-refractivity contribution in [3.63, 3.8) is 0 Å². The van der Waals surface area contributed by atoms with E-state index in [2.05, 4.69) is 11.4 Å². The Morgan fingerprint density at radius 1 is 1.07 bits per heavy atom. The highest BCUT2D eigenvalue weighted by molar-refractivity contribution is 7.50. The number of benzene rings is 2. The standard InChI is InChI=1S/C33H35N4O6PS/c34-17-25-24(21-5-2-1-3-6-21)18-36(33(25)13-14-33)32(40)27-11-10-23-7-4-8-26(31(39)37(23)27)35-30(38)29-16-22-15-20(19-44(41,42)43)9-12-28(22)45-29/h1-3,5-6,9,12,15-16,23-27H,4,7-8,10-11,13-14,18-19H2,(H,35,38)(H2,41,42,43)/t23-,24-,25+,26-,27-/m0/s1. The third-order valence-corrected chi connectivity index (χ3v) is 12.1. The van der Waals surface area contributed by atoms with Crippen molar-refractivity contribution in [1.82, 2.24) is 15.1 Å². The van der Waals surface area contributed by atoms with Gasteiger partial charge in [0.25, 0.3) is 5.91 Å². The highest BCUT2D eigenvalue weighted by Gasteiger charge is 2.64. The van der Waals surface area contributed by atoms with Crippen molar-refractivity contribution in [3.05, 3.63) is 70.6 Å². The summed E-state index contributed by atoms with van der Waals surface area (Å²) in [7, 11) is -4.23. The van der Waals surface area contributed by atoms with Gasteiger partial charge < -0.3 is 24.9 Å². The number of nitrogens with one attached hydrogen (secondary N) is 1. The number of thiophene rings is 1. The SMILES string of the molecule is N#C[C@@H]1[C@H](c2ccccc2)CN(C(=O)[C@@H]2CC[C@@H]3CCC[C@H](NC(=O)c4cc5cc(CP(=O)(O)O)ccc5s4)C(=O)N32)C12CC2. The first-order valence-electron chi connectivity index (χ1n) is 15.5. The molecular formula is C33H35N4O6PS. The zero-order valence-electron chi connectivity index (χ0n) is 24.7. The summed E-state index contributed by atoms with van der Waals surface area (Å²) in [5.74, 6) is -1.05. The molecule has 1 aliphatic carbocycles. The van der Waals surface area contributed by atoms with Crippen LogP contribution in [-0.4, -0.2) is 67.5 Å². The number of nitriles is 1. The molecule has 2 aromatic carbocycles. The van der Waals surface area contributed by atoms with Gasteiger partial charge in [0.15, 0.2) is 0 Å². The second-order valence-corrected chi connectivity index (χ2v) is 15.7. The van der Waals surface area contributed by atoms with Gasteiger partial charge >= 0.3 is 7.60 Å². The predicted molar refractivity (Wildman–Crippen MR) is 168 cm³/mol. The molecule has 1 aromatic heterocycles. The summed E-state index contributed by atoms with van der Waals surface area (Å²) in [5, 5.41) is 13.8. The second kappa shape index (κ2) is 11.4. The molecule has 3 amide bonds. The van der Waals surface area contributed by atoms with Crippen LogP contribution in [0.15, 0.2) is 54.6 Å². The molecule has 0 radical (unpaired) electrons. The molecule has 0 unspecified atom stereocenters. The van der Waals surface area contributed by atoms with Crippen LogP contribution in [0.1, 0.15) is 71.7 Å². The minimum atomic E-state index is -4.23. The van der Waals surface area contributed by atoms with Crippen LogP contribution in [-0.2, 0) is 20.3 Å². The van der Waals surface area contributed by atoms with E-state index in [1.54, 1.807) is 29.2 Å². The minimum Gasteiger partial charge on any atom is -0.340 e. The Hall–Kier alpha value is -3.55. The van der Waals surface area contributed by atoms with E-state index in [1.165, 1.54) is 11.3 Å². The van der Waals surface area contributed by atoms with Crippen LogP contribution < -0.4 is 5.32 Å². The maximum atomic E-state index is 14.3. The molecule has 3 aliphatic heterocycles. The Bertz CT molecular complexity index is 1760. The number of hydrogen-bond donors (Lipinski definition) is 3. The van der Waals surface area contributed by atoms with E-state index in [1.807, 2.05) is 35.2 Å². The molecule has 0 bridgehead atoms. The lowest BCUT2D eigenvalue weighted by molar-refractivity contribution is -0.147. The Morgan fingerprint density at radius 3 is 2.56 bits per heavy atom. The highest BCUT2D eigenvalue weighted by Crippen LogP contribution is 2.58. The number of fused-ring (bicyclic) bond motifs is 2. The van der Waals surface area contributed by atoms with Crippen molar-refractivity contribution in [3.8, 4) is 6.07 Å². The maximum Gasteiger partial charge on any atom is 0.329 e. The number of nitrogens with zero attached hydrogens (tertiary/aromatic N) is 3. The highest BCUT2D eigenvalue weighted by atomic mass is 32.1. The normalized spacial score (nSPS) is 27.3. The molecule has 12 heteroatoms. The molecule has 4 heterocycles. The molecule has 10 nitrogen and oxygen atoms in total.